The first-order chi connectivity index (χ1) is 10.1. The van der Waals surface area contributed by atoms with Crippen molar-refractivity contribution in [2.45, 2.75) is 12.5 Å². The summed E-state index contributed by atoms with van der Waals surface area (Å²) in [5.74, 6) is -1.67. The predicted molar refractivity (Wildman–Crippen MR) is 78.7 cm³/mol. The van der Waals surface area contributed by atoms with Crippen molar-refractivity contribution in [2.75, 3.05) is 0 Å². The third-order valence-corrected chi connectivity index (χ3v) is 3.53. The maximum Gasteiger partial charge on any atom is 0.162 e. The molecule has 0 amide bonds. The Balaban J connectivity index is 1.89. The molecule has 0 aliphatic rings. The van der Waals surface area contributed by atoms with Crippen LogP contribution in [-0.2, 0) is 6.42 Å². The lowest BCUT2D eigenvalue weighted by Crippen LogP contribution is -2.14. The third-order valence-electron chi connectivity index (χ3n) is 3.53. The number of benzene rings is 2. The maximum atomic E-state index is 13.7. The van der Waals surface area contributed by atoms with Gasteiger partial charge in [0.05, 0.1) is 5.52 Å². The monoisotopic (exact) mass is 284 g/mol. The number of fused-ring (bicyclic) bond motifs is 1. The van der Waals surface area contributed by atoms with E-state index in [0.29, 0.717) is 0 Å². The summed E-state index contributed by atoms with van der Waals surface area (Å²) in [6, 6.07) is 13.3. The first kappa shape index (κ1) is 13.6. The van der Waals surface area contributed by atoms with Crippen molar-refractivity contribution in [1.29, 1.82) is 0 Å². The van der Waals surface area contributed by atoms with Gasteiger partial charge in [0.15, 0.2) is 11.6 Å². The highest BCUT2D eigenvalue weighted by Crippen LogP contribution is 2.22. The molecule has 0 bridgehead atoms. The fourth-order valence-corrected chi connectivity index (χ4v) is 2.37. The van der Waals surface area contributed by atoms with Crippen LogP contribution in [0.3, 0.4) is 0 Å². The lowest BCUT2D eigenvalue weighted by Gasteiger charge is -2.13. The van der Waals surface area contributed by atoms with E-state index in [2.05, 4.69) is 4.98 Å². The van der Waals surface area contributed by atoms with Crippen molar-refractivity contribution in [3.8, 4) is 0 Å². The zero-order valence-electron chi connectivity index (χ0n) is 11.3. The van der Waals surface area contributed by atoms with Crippen LogP contribution in [0.5, 0.6) is 0 Å². The molecule has 0 aliphatic heterocycles. The quantitative estimate of drug-likeness (QED) is 0.795. The summed E-state index contributed by atoms with van der Waals surface area (Å²) in [6.07, 6.45) is 1.95. The zero-order chi connectivity index (χ0) is 14.8. The molecule has 3 aromatic rings. The van der Waals surface area contributed by atoms with Crippen LogP contribution >= 0.6 is 0 Å². The summed E-state index contributed by atoms with van der Waals surface area (Å²) < 4.78 is 26.9. The largest absolute Gasteiger partial charge is 0.324 e. The number of rotatable bonds is 3. The summed E-state index contributed by atoms with van der Waals surface area (Å²) in [4.78, 5) is 4.27. The lowest BCUT2D eigenvalue weighted by atomic mass is 9.98. The van der Waals surface area contributed by atoms with E-state index in [9.17, 15) is 8.78 Å². The zero-order valence-corrected chi connectivity index (χ0v) is 11.3. The van der Waals surface area contributed by atoms with Crippen LogP contribution in [0.4, 0.5) is 8.78 Å². The highest BCUT2D eigenvalue weighted by Gasteiger charge is 2.13. The van der Waals surface area contributed by atoms with E-state index < -0.39 is 17.7 Å². The van der Waals surface area contributed by atoms with Crippen LogP contribution in [-0.4, -0.2) is 4.98 Å². The van der Waals surface area contributed by atoms with E-state index in [-0.39, 0.29) is 12.0 Å². The van der Waals surface area contributed by atoms with E-state index in [0.717, 1.165) is 22.5 Å². The van der Waals surface area contributed by atoms with Gasteiger partial charge >= 0.3 is 0 Å². The Bertz CT molecular complexity index is 787. The number of hydrogen-bond donors (Lipinski definition) is 1. The second-order valence-corrected chi connectivity index (χ2v) is 4.98. The Morgan fingerprint density at radius 2 is 1.90 bits per heavy atom. The van der Waals surface area contributed by atoms with Gasteiger partial charge < -0.3 is 5.73 Å². The van der Waals surface area contributed by atoms with Gasteiger partial charge in [0.1, 0.15) is 0 Å². The van der Waals surface area contributed by atoms with Crippen LogP contribution in [0.2, 0.25) is 0 Å². The molecule has 0 saturated carbocycles. The molecule has 21 heavy (non-hydrogen) atoms. The number of aromatic nitrogens is 1. The Kier molecular flexibility index (Phi) is 3.62. The highest BCUT2D eigenvalue weighted by atomic mass is 19.2. The van der Waals surface area contributed by atoms with E-state index in [1.165, 1.54) is 6.07 Å². The molecule has 1 unspecified atom stereocenters. The fourth-order valence-electron chi connectivity index (χ4n) is 2.37. The Labute approximate surface area is 121 Å². The number of pyridine rings is 1. The molecule has 0 spiro atoms. The van der Waals surface area contributed by atoms with E-state index >= 15 is 0 Å². The molecule has 2 aromatic carbocycles. The molecule has 2 N–H and O–H groups in total. The summed E-state index contributed by atoms with van der Waals surface area (Å²) >= 11 is 0. The molecule has 0 radical (unpaired) electrons. The van der Waals surface area contributed by atoms with E-state index in [4.69, 9.17) is 5.73 Å². The Morgan fingerprint density at radius 1 is 1.05 bits per heavy atom. The van der Waals surface area contributed by atoms with Gasteiger partial charge in [0, 0.05) is 17.6 Å². The van der Waals surface area contributed by atoms with Gasteiger partial charge in [-0.25, -0.2) is 8.78 Å². The summed E-state index contributed by atoms with van der Waals surface area (Å²) in [5, 5.41) is 1.02. The van der Waals surface area contributed by atoms with Crippen molar-refractivity contribution in [1.82, 2.24) is 4.98 Å². The number of nitrogens with zero attached hydrogens (tertiary/aromatic N) is 1. The van der Waals surface area contributed by atoms with Gasteiger partial charge in [0.2, 0.25) is 0 Å². The Morgan fingerprint density at radius 3 is 2.76 bits per heavy atom. The molecule has 1 aromatic heterocycles. The van der Waals surface area contributed by atoms with Crippen LogP contribution in [0.15, 0.2) is 54.7 Å². The number of hydrogen-bond acceptors (Lipinski definition) is 2. The fraction of sp³-hybridized carbons (Fsp3) is 0.118. The van der Waals surface area contributed by atoms with Gasteiger partial charge in [-0.3, -0.25) is 4.98 Å². The predicted octanol–water partition coefficient (Wildman–Crippen LogP) is 3.76. The van der Waals surface area contributed by atoms with Crippen molar-refractivity contribution < 1.29 is 8.78 Å². The molecule has 106 valence electrons. The van der Waals surface area contributed by atoms with Crippen LogP contribution in [0.25, 0.3) is 10.9 Å². The van der Waals surface area contributed by atoms with Crippen molar-refractivity contribution in [3.05, 3.63) is 77.5 Å². The highest BCUT2D eigenvalue weighted by molar-refractivity contribution is 5.79. The standard InChI is InChI=1S/C17H14F2N2/c18-14-5-1-3-13(17(14)19)9-15(20)12-7-6-11-4-2-8-21-16(11)10-12/h1-8,10,15H,9,20H2. The molecule has 2 nitrogen and oxygen atoms in total. The van der Waals surface area contributed by atoms with Crippen LogP contribution in [0.1, 0.15) is 17.2 Å². The van der Waals surface area contributed by atoms with Crippen LogP contribution < -0.4 is 5.73 Å². The molecular weight excluding hydrogens is 270 g/mol. The first-order valence-corrected chi connectivity index (χ1v) is 6.68. The molecule has 0 aliphatic carbocycles. The molecule has 1 heterocycles. The van der Waals surface area contributed by atoms with Crippen molar-refractivity contribution in [3.63, 3.8) is 0 Å². The molecule has 0 fully saturated rings. The second-order valence-electron chi connectivity index (χ2n) is 4.98. The molecule has 1 atom stereocenters. The van der Waals surface area contributed by atoms with Gasteiger partial charge in [0.25, 0.3) is 0 Å². The second kappa shape index (κ2) is 5.58. The van der Waals surface area contributed by atoms with Gasteiger partial charge in [-0.05, 0) is 35.7 Å². The Hall–Kier alpha value is -2.33. The summed E-state index contributed by atoms with van der Waals surface area (Å²) in [6.45, 7) is 0. The lowest BCUT2D eigenvalue weighted by molar-refractivity contribution is 0.494. The maximum absolute atomic E-state index is 13.7. The van der Waals surface area contributed by atoms with Gasteiger partial charge in [-0.2, -0.15) is 0 Å². The number of nitrogens with two attached hydrogens (primary N) is 1. The SMILES string of the molecule is NC(Cc1cccc(F)c1F)c1ccc2cccnc2c1. The normalized spacial score (nSPS) is 12.5. The van der Waals surface area contributed by atoms with Crippen molar-refractivity contribution in [2.24, 2.45) is 5.73 Å². The van der Waals surface area contributed by atoms with Crippen LogP contribution in [0, 0.1) is 11.6 Å². The average molecular weight is 284 g/mol. The molecule has 3 rings (SSSR count). The molecule has 0 saturated heterocycles. The molecular formula is C17H14F2N2. The van der Waals surface area contributed by atoms with Gasteiger partial charge in [-0.15, -0.1) is 0 Å². The molecule has 4 heteroatoms. The number of halogens is 2. The minimum Gasteiger partial charge on any atom is -0.324 e. The average Bonchev–Trinajstić information content (AvgIpc) is 2.51. The smallest absolute Gasteiger partial charge is 0.162 e. The summed E-state index contributed by atoms with van der Waals surface area (Å²) in [5.41, 5.74) is 8.09. The third kappa shape index (κ3) is 2.76. The van der Waals surface area contributed by atoms with Gasteiger partial charge in [-0.1, -0.05) is 30.3 Å². The minimum atomic E-state index is -0.847. The van der Waals surface area contributed by atoms with Crippen molar-refractivity contribution >= 4 is 10.9 Å². The summed E-state index contributed by atoms with van der Waals surface area (Å²) in [7, 11) is 0. The van der Waals surface area contributed by atoms with E-state index in [1.54, 1.807) is 12.3 Å². The van der Waals surface area contributed by atoms with E-state index in [1.807, 2.05) is 30.3 Å². The topological polar surface area (TPSA) is 38.9 Å². The first-order valence-electron chi connectivity index (χ1n) is 6.68. The minimum absolute atomic E-state index is 0.238.